The predicted molar refractivity (Wildman–Crippen MR) is 36.6 cm³/mol. The zero-order valence-corrected chi connectivity index (χ0v) is 5.99. The molecule has 2 nitrogen and oxygen atoms in total. The molecule has 0 aliphatic rings. The van der Waals surface area contributed by atoms with E-state index in [4.69, 9.17) is 0 Å². The lowest BCUT2D eigenvalue weighted by Gasteiger charge is -2.09. The summed E-state index contributed by atoms with van der Waals surface area (Å²) in [6.07, 6.45) is 1.17. The van der Waals surface area contributed by atoms with Crippen LogP contribution in [0.5, 0.6) is 0 Å². The Bertz CT molecular complexity index is 45.8. The van der Waals surface area contributed by atoms with Gasteiger partial charge in [0.15, 0.2) is 0 Å². The normalized spacial score (nSPS) is 13.9. The van der Waals surface area contributed by atoms with Crippen molar-refractivity contribution in [3.63, 3.8) is 0 Å². The van der Waals surface area contributed by atoms with Crippen LogP contribution in [0, 0.1) is 0 Å². The lowest BCUT2D eigenvalue weighted by atomic mass is 10.3. The zero-order valence-electron chi connectivity index (χ0n) is 5.99. The van der Waals surface area contributed by atoms with Crippen molar-refractivity contribution >= 4 is 0 Å². The molecule has 0 aliphatic carbocycles. The fourth-order valence-electron chi connectivity index (χ4n) is 0.378. The number of hydrogen-bond acceptors (Lipinski definition) is 2. The number of hydrogen-bond donors (Lipinski definition) is 2. The lowest BCUT2D eigenvalue weighted by Crippen LogP contribution is -2.38. The molecule has 1 atom stereocenters. The lowest BCUT2D eigenvalue weighted by molar-refractivity contribution is 0.452. The molecule has 0 aromatic heterocycles. The van der Waals surface area contributed by atoms with Gasteiger partial charge in [0, 0.05) is 12.6 Å². The Morgan fingerprint density at radius 3 is 2.38 bits per heavy atom. The van der Waals surface area contributed by atoms with Gasteiger partial charge in [-0.2, -0.15) is 0 Å². The van der Waals surface area contributed by atoms with E-state index < -0.39 is 0 Å². The summed E-state index contributed by atoms with van der Waals surface area (Å²) in [5, 5.41) is 0. The molecule has 1 unspecified atom stereocenters. The summed E-state index contributed by atoms with van der Waals surface area (Å²) in [7, 11) is 0. The van der Waals surface area contributed by atoms with E-state index in [1.807, 2.05) is 0 Å². The molecule has 0 aromatic carbocycles. The molecule has 0 aromatic rings. The van der Waals surface area contributed by atoms with Crippen molar-refractivity contribution in [3.05, 3.63) is 0 Å². The van der Waals surface area contributed by atoms with E-state index >= 15 is 0 Å². The third-order valence-corrected chi connectivity index (χ3v) is 1.14. The van der Waals surface area contributed by atoms with Crippen molar-refractivity contribution in [2.24, 2.45) is 0 Å². The molecule has 2 N–H and O–H groups in total. The maximum Gasteiger partial charge on any atom is 0.0182 e. The van der Waals surface area contributed by atoms with Gasteiger partial charge in [0.05, 0.1) is 0 Å². The fraction of sp³-hybridized carbons (Fsp3) is 1.00. The molecule has 0 radical (unpaired) electrons. The van der Waals surface area contributed by atoms with Crippen LogP contribution in [0.25, 0.3) is 0 Å². The Hall–Kier alpha value is -0.0800. The van der Waals surface area contributed by atoms with Crippen LogP contribution in [0.3, 0.4) is 0 Å². The molecule has 0 saturated heterocycles. The van der Waals surface area contributed by atoms with Gasteiger partial charge >= 0.3 is 0 Å². The Labute approximate surface area is 51.6 Å². The molecule has 2 heteroatoms. The van der Waals surface area contributed by atoms with Gasteiger partial charge in [-0.25, -0.2) is 0 Å². The maximum atomic E-state index is 3.13. The number of hydrazine groups is 1. The molecule has 0 saturated carbocycles. The van der Waals surface area contributed by atoms with E-state index in [9.17, 15) is 0 Å². The van der Waals surface area contributed by atoms with Gasteiger partial charge < -0.3 is 0 Å². The average molecular weight is 116 g/mol. The first-order chi connectivity index (χ1) is 3.81. The van der Waals surface area contributed by atoms with Crippen LogP contribution in [0.4, 0.5) is 0 Å². The monoisotopic (exact) mass is 116 g/mol. The number of rotatable bonds is 4. The molecule has 8 heavy (non-hydrogen) atoms. The molecule has 50 valence electrons. The smallest absolute Gasteiger partial charge is 0.0182 e. The number of nitrogens with one attached hydrogen (secondary N) is 2. The topological polar surface area (TPSA) is 24.1 Å². The average Bonchev–Trinajstić information content (AvgIpc) is 1.83. The summed E-state index contributed by atoms with van der Waals surface area (Å²) in [4.78, 5) is 0. The molecule has 0 spiro atoms. The highest BCUT2D eigenvalue weighted by Crippen LogP contribution is 1.82. The molecule has 0 rings (SSSR count). The highest BCUT2D eigenvalue weighted by atomic mass is 15.4. The van der Waals surface area contributed by atoms with E-state index in [2.05, 4.69) is 31.6 Å². The SMILES string of the molecule is CCNNC(C)CC. The second-order valence-electron chi connectivity index (χ2n) is 1.98. The summed E-state index contributed by atoms with van der Waals surface area (Å²) in [5.41, 5.74) is 6.18. The third-order valence-electron chi connectivity index (χ3n) is 1.14. The van der Waals surface area contributed by atoms with Gasteiger partial charge in [0.2, 0.25) is 0 Å². The third kappa shape index (κ3) is 4.09. The van der Waals surface area contributed by atoms with Gasteiger partial charge in [0.1, 0.15) is 0 Å². The van der Waals surface area contributed by atoms with E-state index in [1.165, 1.54) is 6.42 Å². The van der Waals surface area contributed by atoms with Crippen molar-refractivity contribution in [1.29, 1.82) is 0 Å². The second-order valence-corrected chi connectivity index (χ2v) is 1.98. The first-order valence-electron chi connectivity index (χ1n) is 3.29. The first kappa shape index (κ1) is 7.92. The standard InChI is InChI=1S/C6H16N2/c1-4-6(3)8-7-5-2/h6-8H,4-5H2,1-3H3. The molecule has 0 heterocycles. The Kier molecular flexibility index (Phi) is 5.01. The van der Waals surface area contributed by atoms with Gasteiger partial charge in [-0.3, -0.25) is 10.9 Å². The largest absolute Gasteiger partial charge is 0.258 e. The van der Waals surface area contributed by atoms with Crippen molar-refractivity contribution in [1.82, 2.24) is 10.9 Å². The van der Waals surface area contributed by atoms with Gasteiger partial charge in [0.25, 0.3) is 0 Å². The Balaban J connectivity index is 2.86. The summed E-state index contributed by atoms with van der Waals surface area (Å²) >= 11 is 0. The van der Waals surface area contributed by atoms with Crippen LogP contribution < -0.4 is 10.9 Å². The predicted octanol–water partition coefficient (Wildman–Crippen LogP) is 0.899. The van der Waals surface area contributed by atoms with Crippen LogP contribution in [0.1, 0.15) is 27.2 Å². The van der Waals surface area contributed by atoms with E-state index in [1.54, 1.807) is 0 Å². The fourth-order valence-corrected chi connectivity index (χ4v) is 0.378. The van der Waals surface area contributed by atoms with Gasteiger partial charge in [-0.15, -0.1) is 0 Å². The van der Waals surface area contributed by atoms with Crippen molar-refractivity contribution < 1.29 is 0 Å². The summed E-state index contributed by atoms with van der Waals surface area (Å²) < 4.78 is 0. The minimum atomic E-state index is 0.593. The Morgan fingerprint density at radius 2 is 2.00 bits per heavy atom. The van der Waals surface area contributed by atoms with Crippen LogP contribution >= 0.6 is 0 Å². The quantitative estimate of drug-likeness (QED) is 0.533. The van der Waals surface area contributed by atoms with Gasteiger partial charge in [-0.05, 0) is 13.3 Å². The highest BCUT2D eigenvalue weighted by Gasteiger charge is 1.91. The minimum absolute atomic E-state index is 0.593. The van der Waals surface area contributed by atoms with E-state index in [-0.39, 0.29) is 0 Å². The van der Waals surface area contributed by atoms with E-state index in [0.717, 1.165) is 6.54 Å². The maximum absolute atomic E-state index is 3.13. The van der Waals surface area contributed by atoms with Crippen molar-refractivity contribution in [2.75, 3.05) is 6.54 Å². The highest BCUT2D eigenvalue weighted by molar-refractivity contribution is 4.50. The van der Waals surface area contributed by atoms with Gasteiger partial charge in [-0.1, -0.05) is 13.8 Å². The van der Waals surface area contributed by atoms with Crippen LogP contribution in [-0.4, -0.2) is 12.6 Å². The second kappa shape index (κ2) is 5.06. The molecule has 0 amide bonds. The summed E-state index contributed by atoms with van der Waals surface area (Å²) in [5.74, 6) is 0. The minimum Gasteiger partial charge on any atom is -0.258 e. The Morgan fingerprint density at radius 1 is 1.38 bits per heavy atom. The van der Waals surface area contributed by atoms with Crippen LogP contribution in [-0.2, 0) is 0 Å². The van der Waals surface area contributed by atoms with Crippen molar-refractivity contribution in [3.8, 4) is 0 Å². The van der Waals surface area contributed by atoms with Crippen LogP contribution in [0.2, 0.25) is 0 Å². The zero-order chi connectivity index (χ0) is 6.41. The molecular formula is C6H16N2. The molecule has 0 bridgehead atoms. The van der Waals surface area contributed by atoms with Crippen molar-refractivity contribution in [2.45, 2.75) is 33.2 Å². The summed E-state index contributed by atoms with van der Waals surface area (Å²) in [6, 6.07) is 0.593. The summed E-state index contributed by atoms with van der Waals surface area (Å²) in [6.45, 7) is 7.39. The molecule has 0 aliphatic heterocycles. The molecular weight excluding hydrogens is 100 g/mol. The van der Waals surface area contributed by atoms with E-state index in [0.29, 0.717) is 6.04 Å². The van der Waals surface area contributed by atoms with Crippen LogP contribution in [0.15, 0.2) is 0 Å². The first-order valence-corrected chi connectivity index (χ1v) is 3.29. The molecule has 0 fully saturated rings.